The number of nitrogen functional groups attached to an aromatic ring is 1. The van der Waals surface area contributed by atoms with E-state index in [1.165, 1.54) is 12.1 Å². The summed E-state index contributed by atoms with van der Waals surface area (Å²) in [4.78, 5) is 3.18. The molecule has 0 aliphatic heterocycles. The minimum absolute atomic E-state index is 0.0172. The normalized spacial score (nSPS) is 11.0. The molecule has 1 heterocycles. The highest BCUT2D eigenvalue weighted by atomic mass is 19.4. The van der Waals surface area contributed by atoms with Crippen molar-refractivity contribution < 1.29 is 17.6 Å². The van der Waals surface area contributed by atoms with E-state index in [9.17, 15) is 17.6 Å². The smallest absolute Gasteiger partial charge is 0.396 e. The third kappa shape index (κ3) is 3.02. The average molecular weight is 296 g/mol. The second-order valence-corrected chi connectivity index (χ2v) is 4.05. The second kappa shape index (κ2) is 5.28. The third-order valence-electron chi connectivity index (χ3n) is 2.62. The Morgan fingerprint density at radius 2 is 1.95 bits per heavy atom. The molecule has 8 heteroatoms. The Kier molecular flexibility index (Phi) is 3.67. The van der Waals surface area contributed by atoms with Gasteiger partial charge in [0.15, 0.2) is 0 Å². The van der Waals surface area contributed by atoms with Crippen LogP contribution in [0.15, 0.2) is 30.5 Å². The number of halogens is 4. The predicted molar refractivity (Wildman–Crippen MR) is 68.0 cm³/mol. The molecule has 0 fully saturated rings. The number of aromatic nitrogens is 1. The lowest BCUT2D eigenvalue weighted by atomic mass is 10.1. The predicted octanol–water partition coefficient (Wildman–Crippen LogP) is 3.44. The average Bonchev–Trinajstić information content (AvgIpc) is 2.40. The van der Waals surface area contributed by atoms with E-state index >= 15 is 0 Å². The van der Waals surface area contributed by atoms with Crippen molar-refractivity contribution in [2.75, 3.05) is 11.1 Å². The number of nitriles is 1. The first-order valence-corrected chi connectivity index (χ1v) is 5.61. The van der Waals surface area contributed by atoms with Crippen molar-refractivity contribution >= 4 is 17.1 Å². The molecule has 0 unspecified atom stereocenters. The minimum Gasteiger partial charge on any atom is -0.396 e. The van der Waals surface area contributed by atoms with Crippen molar-refractivity contribution in [3.05, 3.63) is 47.5 Å². The minimum atomic E-state index is -4.63. The first-order chi connectivity index (χ1) is 9.82. The Morgan fingerprint density at radius 1 is 1.24 bits per heavy atom. The summed E-state index contributed by atoms with van der Waals surface area (Å²) in [5, 5.41) is 11.4. The van der Waals surface area contributed by atoms with Gasteiger partial charge in [-0.2, -0.15) is 18.4 Å². The van der Waals surface area contributed by atoms with E-state index in [2.05, 4.69) is 10.3 Å². The maximum atomic E-state index is 13.4. The summed E-state index contributed by atoms with van der Waals surface area (Å²) >= 11 is 0. The van der Waals surface area contributed by atoms with Gasteiger partial charge in [0.25, 0.3) is 0 Å². The molecule has 0 spiro atoms. The Bertz CT molecular complexity index is 719. The third-order valence-corrected chi connectivity index (χ3v) is 2.62. The van der Waals surface area contributed by atoms with E-state index in [-0.39, 0.29) is 22.6 Å². The standard InChI is InChI=1S/C13H8F4N4/c14-8-2-1-3-10(7(8)5-18)21-11-4-12(13(15,16)17)20-6-9(11)19/h1-4,6H,19H2,(H,20,21). The topological polar surface area (TPSA) is 74.7 Å². The number of nitrogens with zero attached hydrogens (tertiary/aromatic N) is 2. The summed E-state index contributed by atoms with van der Waals surface area (Å²) in [5.41, 5.74) is 3.93. The van der Waals surface area contributed by atoms with Crippen LogP contribution in [0.2, 0.25) is 0 Å². The molecule has 0 amide bonds. The summed E-state index contributed by atoms with van der Waals surface area (Å²) in [6.45, 7) is 0. The van der Waals surface area contributed by atoms with Crippen LogP contribution in [0, 0.1) is 17.1 Å². The summed E-state index contributed by atoms with van der Waals surface area (Å²) < 4.78 is 51.2. The van der Waals surface area contributed by atoms with Crippen LogP contribution in [0.4, 0.5) is 34.6 Å². The van der Waals surface area contributed by atoms with Gasteiger partial charge >= 0.3 is 6.18 Å². The first kappa shape index (κ1) is 14.6. The van der Waals surface area contributed by atoms with Gasteiger partial charge in [0.1, 0.15) is 23.1 Å². The van der Waals surface area contributed by atoms with Gasteiger partial charge in [-0.3, -0.25) is 0 Å². The van der Waals surface area contributed by atoms with Crippen LogP contribution >= 0.6 is 0 Å². The van der Waals surface area contributed by atoms with Crippen LogP contribution in [0.1, 0.15) is 11.3 Å². The van der Waals surface area contributed by atoms with Crippen molar-refractivity contribution in [2.45, 2.75) is 6.18 Å². The molecule has 0 aliphatic carbocycles. The molecule has 2 aromatic rings. The number of alkyl halides is 3. The lowest BCUT2D eigenvalue weighted by Crippen LogP contribution is -2.10. The van der Waals surface area contributed by atoms with E-state index < -0.39 is 17.7 Å². The molecule has 0 aliphatic rings. The van der Waals surface area contributed by atoms with Crippen molar-refractivity contribution in [3.8, 4) is 6.07 Å². The fourth-order valence-electron chi connectivity index (χ4n) is 1.62. The molecule has 21 heavy (non-hydrogen) atoms. The lowest BCUT2D eigenvalue weighted by molar-refractivity contribution is -0.141. The van der Waals surface area contributed by atoms with E-state index in [1.807, 2.05) is 0 Å². The number of nitrogens with two attached hydrogens (primary N) is 1. The maximum absolute atomic E-state index is 13.4. The molecule has 3 N–H and O–H groups in total. The summed E-state index contributed by atoms with van der Waals surface area (Å²) in [7, 11) is 0. The van der Waals surface area contributed by atoms with E-state index in [0.717, 1.165) is 12.3 Å². The molecular formula is C13H8F4N4. The molecule has 0 radical (unpaired) electrons. The van der Waals surface area contributed by atoms with Crippen molar-refractivity contribution in [1.82, 2.24) is 4.98 Å². The molecule has 0 atom stereocenters. The first-order valence-electron chi connectivity index (χ1n) is 5.61. The van der Waals surface area contributed by atoms with Crippen LogP contribution in [-0.2, 0) is 6.18 Å². The number of anilines is 3. The van der Waals surface area contributed by atoms with E-state index in [0.29, 0.717) is 6.07 Å². The van der Waals surface area contributed by atoms with Gasteiger partial charge in [-0.15, -0.1) is 0 Å². The zero-order valence-electron chi connectivity index (χ0n) is 10.4. The summed E-state index contributed by atoms with van der Waals surface area (Å²) in [6.07, 6.45) is -3.79. The molecule has 4 nitrogen and oxygen atoms in total. The molecule has 1 aromatic heterocycles. The molecule has 2 rings (SSSR count). The fourth-order valence-corrected chi connectivity index (χ4v) is 1.62. The second-order valence-electron chi connectivity index (χ2n) is 4.05. The van der Waals surface area contributed by atoms with Crippen LogP contribution in [0.3, 0.4) is 0 Å². The van der Waals surface area contributed by atoms with Crippen molar-refractivity contribution in [3.63, 3.8) is 0 Å². The zero-order chi connectivity index (χ0) is 15.6. The Hall–Kier alpha value is -2.82. The number of benzene rings is 1. The Morgan fingerprint density at radius 3 is 2.57 bits per heavy atom. The Labute approximate surface area is 116 Å². The molecule has 108 valence electrons. The highest BCUT2D eigenvalue weighted by Crippen LogP contribution is 2.33. The highest BCUT2D eigenvalue weighted by Gasteiger charge is 2.33. The molecule has 1 aromatic carbocycles. The van der Waals surface area contributed by atoms with Crippen molar-refractivity contribution in [1.29, 1.82) is 5.26 Å². The van der Waals surface area contributed by atoms with Crippen LogP contribution < -0.4 is 11.1 Å². The largest absolute Gasteiger partial charge is 0.433 e. The van der Waals surface area contributed by atoms with Gasteiger partial charge in [0, 0.05) is 0 Å². The van der Waals surface area contributed by atoms with Gasteiger partial charge in [0.2, 0.25) is 0 Å². The van der Waals surface area contributed by atoms with Crippen LogP contribution in [0.25, 0.3) is 0 Å². The Balaban J connectivity index is 2.46. The van der Waals surface area contributed by atoms with Gasteiger partial charge in [0.05, 0.1) is 23.3 Å². The van der Waals surface area contributed by atoms with E-state index in [1.54, 1.807) is 6.07 Å². The van der Waals surface area contributed by atoms with Gasteiger partial charge in [-0.25, -0.2) is 9.37 Å². The SMILES string of the molecule is N#Cc1c(F)cccc1Nc1cc(C(F)(F)F)ncc1N. The monoisotopic (exact) mass is 296 g/mol. The number of hydrogen-bond acceptors (Lipinski definition) is 4. The number of nitrogens with one attached hydrogen (secondary N) is 1. The van der Waals surface area contributed by atoms with Gasteiger partial charge in [-0.1, -0.05) is 6.07 Å². The number of hydrogen-bond donors (Lipinski definition) is 2. The zero-order valence-corrected chi connectivity index (χ0v) is 10.4. The number of pyridine rings is 1. The van der Waals surface area contributed by atoms with Crippen molar-refractivity contribution in [2.24, 2.45) is 0 Å². The van der Waals surface area contributed by atoms with E-state index in [4.69, 9.17) is 11.0 Å². The molecule has 0 saturated heterocycles. The quantitative estimate of drug-likeness (QED) is 0.832. The highest BCUT2D eigenvalue weighted by molar-refractivity contribution is 5.75. The van der Waals surface area contributed by atoms with Crippen LogP contribution in [-0.4, -0.2) is 4.98 Å². The van der Waals surface area contributed by atoms with Gasteiger partial charge < -0.3 is 11.1 Å². The molecule has 0 saturated carbocycles. The maximum Gasteiger partial charge on any atom is 0.433 e. The lowest BCUT2D eigenvalue weighted by Gasteiger charge is -2.13. The fraction of sp³-hybridized carbons (Fsp3) is 0.0769. The molecule has 0 bridgehead atoms. The van der Waals surface area contributed by atoms with Crippen LogP contribution in [0.5, 0.6) is 0 Å². The van der Waals surface area contributed by atoms with Gasteiger partial charge in [-0.05, 0) is 18.2 Å². The summed E-state index contributed by atoms with van der Waals surface area (Å²) in [6, 6.07) is 6.07. The summed E-state index contributed by atoms with van der Waals surface area (Å²) in [5.74, 6) is -0.786. The number of rotatable bonds is 2. The molecular weight excluding hydrogens is 288 g/mol.